The summed E-state index contributed by atoms with van der Waals surface area (Å²) >= 11 is 3.33. The Bertz CT molecular complexity index is 811. The third-order valence-corrected chi connectivity index (χ3v) is 5.64. The first-order chi connectivity index (χ1) is 10.7. The highest BCUT2D eigenvalue weighted by molar-refractivity contribution is 9.10. The van der Waals surface area contributed by atoms with Crippen LogP contribution in [0.4, 0.5) is 5.69 Å². The molecule has 1 heterocycles. The van der Waals surface area contributed by atoms with Gasteiger partial charge in [-0.15, -0.1) is 0 Å². The van der Waals surface area contributed by atoms with Gasteiger partial charge in [0.1, 0.15) is 5.69 Å². The van der Waals surface area contributed by atoms with Crippen molar-refractivity contribution >= 4 is 37.7 Å². The minimum Gasteiger partial charge on any atom is -0.383 e. The minimum atomic E-state index is -3.78. The van der Waals surface area contributed by atoms with E-state index >= 15 is 0 Å². The van der Waals surface area contributed by atoms with Crippen molar-refractivity contribution in [2.45, 2.75) is 11.8 Å². The zero-order chi connectivity index (χ0) is 17.2. The van der Waals surface area contributed by atoms with E-state index in [0.717, 1.165) is 4.47 Å². The van der Waals surface area contributed by atoms with Crippen molar-refractivity contribution in [1.82, 2.24) is 10.1 Å². The highest BCUT2D eigenvalue weighted by Gasteiger charge is 2.29. The lowest BCUT2D eigenvalue weighted by molar-refractivity contribution is 0.405. The van der Waals surface area contributed by atoms with Gasteiger partial charge < -0.3 is 9.42 Å². The second-order valence-corrected chi connectivity index (χ2v) is 8.01. The number of hydrogen-bond acceptors (Lipinski definition) is 5. The maximum absolute atomic E-state index is 12.9. The summed E-state index contributed by atoms with van der Waals surface area (Å²) in [4.78, 5) is 1.85. The van der Waals surface area contributed by atoms with Crippen molar-refractivity contribution in [3.63, 3.8) is 0 Å². The van der Waals surface area contributed by atoms with Gasteiger partial charge in [-0.1, -0.05) is 21.1 Å². The van der Waals surface area contributed by atoms with Gasteiger partial charge in [-0.2, -0.15) is 0 Å². The molecule has 124 valence electrons. The molecule has 1 aromatic heterocycles. The number of sulfonamides is 1. The van der Waals surface area contributed by atoms with E-state index in [4.69, 9.17) is 4.52 Å². The fraction of sp³-hybridized carbons (Fsp3) is 0.267. The SMILES string of the molecule is Cc1noc(/C=C/N(C)C)c1S(=O)(=O)N(C)c1ccc(Br)cc1. The Morgan fingerprint density at radius 2 is 1.78 bits per heavy atom. The largest absolute Gasteiger partial charge is 0.383 e. The van der Waals surface area contributed by atoms with Crippen LogP contribution in [0.1, 0.15) is 11.5 Å². The van der Waals surface area contributed by atoms with Crippen molar-refractivity contribution in [2.75, 3.05) is 25.4 Å². The van der Waals surface area contributed by atoms with E-state index < -0.39 is 10.0 Å². The Morgan fingerprint density at radius 3 is 2.35 bits per heavy atom. The lowest BCUT2D eigenvalue weighted by Crippen LogP contribution is -2.27. The lowest BCUT2D eigenvalue weighted by Gasteiger charge is -2.19. The first-order valence-electron chi connectivity index (χ1n) is 6.79. The topological polar surface area (TPSA) is 66.7 Å². The van der Waals surface area contributed by atoms with E-state index in [9.17, 15) is 8.42 Å². The van der Waals surface area contributed by atoms with E-state index in [0.29, 0.717) is 11.4 Å². The normalized spacial score (nSPS) is 11.9. The standard InChI is InChI=1S/C15H18BrN3O3S/c1-11-15(14(22-17-11)9-10-18(2)3)23(20,21)19(4)13-7-5-12(16)6-8-13/h5-10H,1-4H3/b10-9+. The lowest BCUT2D eigenvalue weighted by atomic mass is 10.3. The molecule has 6 nitrogen and oxygen atoms in total. The van der Waals surface area contributed by atoms with Crippen LogP contribution in [-0.4, -0.2) is 39.6 Å². The summed E-state index contributed by atoms with van der Waals surface area (Å²) in [5.74, 6) is 0.208. The molecule has 2 rings (SSSR count). The maximum Gasteiger partial charge on any atom is 0.269 e. The predicted molar refractivity (Wildman–Crippen MR) is 93.7 cm³/mol. The van der Waals surface area contributed by atoms with Crippen LogP contribution >= 0.6 is 15.9 Å². The van der Waals surface area contributed by atoms with Crippen molar-refractivity contribution in [2.24, 2.45) is 0 Å². The van der Waals surface area contributed by atoms with Gasteiger partial charge in [-0.25, -0.2) is 8.42 Å². The quantitative estimate of drug-likeness (QED) is 0.772. The molecule has 0 aliphatic rings. The van der Waals surface area contributed by atoms with Crippen LogP contribution in [0.15, 0.2) is 44.4 Å². The molecule has 0 saturated heterocycles. The molecule has 23 heavy (non-hydrogen) atoms. The molecule has 1 aromatic carbocycles. The summed E-state index contributed by atoms with van der Waals surface area (Å²) in [5.41, 5.74) is 0.878. The summed E-state index contributed by atoms with van der Waals surface area (Å²) < 4.78 is 33.1. The Morgan fingerprint density at radius 1 is 1.17 bits per heavy atom. The van der Waals surface area contributed by atoms with Crippen LogP contribution < -0.4 is 4.31 Å². The molecule has 0 bridgehead atoms. The predicted octanol–water partition coefficient (Wildman–Crippen LogP) is 3.10. The Labute approximate surface area is 144 Å². The van der Waals surface area contributed by atoms with Gasteiger partial charge in [0.15, 0.2) is 10.7 Å². The summed E-state index contributed by atoms with van der Waals surface area (Å²) in [5, 5.41) is 3.79. The molecule has 0 saturated carbocycles. The first-order valence-corrected chi connectivity index (χ1v) is 9.02. The molecule has 0 N–H and O–H groups in total. The van der Waals surface area contributed by atoms with Gasteiger partial charge in [-0.05, 0) is 31.2 Å². The summed E-state index contributed by atoms with van der Waals surface area (Å²) in [6.07, 6.45) is 3.29. The third kappa shape index (κ3) is 3.76. The van der Waals surface area contributed by atoms with Crippen LogP contribution in [0.2, 0.25) is 0 Å². The second kappa shape index (κ2) is 6.76. The smallest absolute Gasteiger partial charge is 0.269 e. The highest BCUT2D eigenvalue weighted by atomic mass is 79.9. The summed E-state index contributed by atoms with van der Waals surface area (Å²) in [7, 11) is 1.40. The second-order valence-electron chi connectivity index (χ2n) is 5.19. The number of aryl methyl sites for hydroxylation is 1. The van der Waals surface area contributed by atoms with Crippen molar-refractivity contribution in [3.8, 4) is 0 Å². The van der Waals surface area contributed by atoms with Crippen LogP contribution in [0.25, 0.3) is 6.08 Å². The number of rotatable bonds is 5. The van der Waals surface area contributed by atoms with E-state index in [1.807, 2.05) is 14.1 Å². The third-order valence-electron chi connectivity index (χ3n) is 3.17. The van der Waals surface area contributed by atoms with Crippen molar-refractivity contribution in [1.29, 1.82) is 0 Å². The van der Waals surface area contributed by atoms with Gasteiger partial charge in [0.25, 0.3) is 10.0 Å². The van der Waals surface area contributed by atoms with Crippen molar-refractivity contribution in [3.05, 3.63) is 46.4 Å². The van der Waals surface area contributed by atoms with E-state index in [1.54, 1.807) is 48.4 Å². The zero-order valence-electron chi connectivity index (χ0n) is 13.3. The number of nitrogens with zero attached hydrogens (tertiary/aromatic N) is 3. The molecule has 0 atom stereocenters. The first kappa shape index (κ1) is 17.6. The summed E-state index contributed by atoms with van der Waals surface area (Å²) in [6, 6.07) is 7.02. The Kier molecular flexibility index (Phi) is 5.16. The number of benzene rings is 1. The fourth-order valence-corrected chi connectivity index (χ4v) is 3.65. The average Bonchev–Trinajstić information content (AvgIpc) is 2.86. The van der Waals surface area contributed by atoms with Crippen LogP contribution in [-0.2, 0) is 10.0 Å². The molecule has 0 fully saturated rings. The Balaban J connectivity index is 2.47. The van der Waals surface area contributed by atoms with Gasteiger partial charge in [-0.3, -0.25) is 4.31 Å². The maximum atomic E-state index is 12.9. The van der Waals surface area contributed by atoms with Gasteiger partial charge in [0.05, 0.1) is 5.69 Å². The number of hydrogen-bond donors (Lipinski definition) is 0. The fourth-order valence-electron chi connectivity index (χ4n) is 1.94. The van der Waals surface area contributed by atoms with E-state index in [-0.39, 0.29) is 10.7 Å². The Hall–Kier alpha value is -1.80. The van der Waals surface area contributed by atoms with Crippen LogP contribution in [0.3, 0.4) is 0 Å². The van der Waals surface area contributed by atoms with Crippen LogP contribution in [0, 0.1) is 6.92 Å². The monoisotopic (exact) mass is 399 g/mol. The molecule has 8 heteroatoms. The molecular formula is C15H18BrN3O3S. The van der Waals surface area contributed by atoms with E-state index in [1.165, 1.54) is 11.4 Å². The molecular weight excluding hydrogens is 382 g/mol. The number of halogens is 1. The van der Waals surface area contributed by atoms with Gasteiger partial charge in [0, 0.05) is 37.9 Å². The molecule has 0 aliphatic heterocycles. The molecule has 0 spiro atoms. The highest BCUT2D eigenvalue weighted by Crippen LogP contribution is 2.28. The molecule has 0 aliphatic carbocycles. The summed E-state index contributed by atoms with van der Waals surface area (Å²) in [6.45, 7) is 1.61. The molecule has 0 amide bonds. The van der Waals surface area contributed by atoms with Crippen LogP contribution in [0.5, 0.6) is 0 Å². The number of aromatic nitrogens is 1. The molecule has 2 aromatic rings. The minimum absolute atomic E-state index is 0.0704. The number of anilines is 1. The van der Waals surface area contributed by atoms with Gasteiger partial charge in [0.2, 0.25) is 0 Å². The molecule has 0 radical (unpaired) electrons. The zero-order valence-corrected chi connectivity index (χ0v) is 15.7. The molecule has 0 unspecified atom stereocenters. The van der Waals surface area contributed by atoms with Gasteiger partial charge >= 0.3 is 0 Å². The van der Waals surface area contributed by atoms with E-state index in [2.05, 4.69) is 21.1 Å². The van der Waals surface area contributed by atoms with Crippen molar-refractivity contribution < 1.29 is 12.9 Å². The average molecular weight is 400 g/mol.